The average molecular weight is 296 g/mol. The lowest BCUT2D eigenvalue weighted by Gasteiger charge is -2.22. The maximum atomic E-state index is 13.8. The summed E-state index contributed by atoms with van der Waals surface area (Å²) in [7, 11) is -4.11. The Morgan fingerprint density at radius 1 is 1.25 bits per heavy atom. The van der Waals surface area contributed by atoms with Crippen LogP contribution in [0.15, 0.2) is 52.4 Å². The Morgan fingerprint density at radius 3 is 2.55 bits per heavy atom. The van der Waals surface area contributed by atoms with E-state index in [1.54, 1.807) is 6.92 Å². The van der Waals surface area contributed by atoms with Crippen molar-refractivity contribution in [3.8, 4) is 0 Å². The third-order valence-electron chi connectivity index (χ3n) is 2.76. The number of aromatic amines is 1. The van der Waals surface area contributed by atoms with Gasteiger partial charge in [0.05, 0.1) is 5.69 Å². The molecule has 20 heavy (non-hydrogen) atoms. The zero-order valence-electron chi connectivity index (χ0n) is 10.7. The molecule has 0 unspecified atom stereocenters. The molecule has 0 saturated carbocycles. The van der Waals surface area contributed by atoms with Crippen molar-refractivity contribution in [2.45, 2.75) is 11.8 Å². The van der Waals surface area contributed by atoms with Crippen LogP contribution in [-0.4, -0.2) is 19.9 Å². The normalized spacial score (nSPS) is 11.3. The molecule has 0 spiro atoms. The number of nitrogens with zero attached hydrogens (tertiary/aromatic N) is 1. The van der Waals surface area contributed by atoms with Crippen LogP contribution in [0.3, 0.4) is 0 Å². The molecule has 0 fully saturated rings. The molecule has 2 aromatic rings. The molecule has 1 heterocycles. The summed E-state index contributed by atoms with van der Waals surface area (Å²) in [6.45, 7) is 1.58. The number of H-pyrrole nitrogens is 1. The Bertz CT molecular complexity index is 771. The van der Waals surface area contributed by atoms with E-state index in [2.05, 4.69) is 4.98 Å². The maximum absolute atomic E-state index is 13.8. The molecule has 0 bridgehead atoms. The first-order valence-electron chi connectivity index (χ1n) is 5.93. The van der Waals surface area contributed by atoms with Gasteiger partial charge in [-0.1, -0.05) is 12.1 Å². The molecule has 1 aromatic carbocycles. The molecule has 0 aliphatic rings. The number of hydrogen-bond acceptors (Lipinski definition) is 3. The minimum Gasteiger partial charge on any atom is -0.366 e. The molecule has 1 N–H and O–H groups in total. The molecule has 0 radical (unpaired) electrons. The van der Waals surface area contributed by atoms with Gasteiger partial charge >= 0.3 is 0 Å². The van der Waals surface area contributed by atoms with Crippen LogP contribution in [0.4, 0.5) is 10.1 Å². The van der Waals surface area contributed by atoms with E-state index in [-0.39, 0.29) is 12.2 Å². The summed E-state index contributed by atoms with van der Waals surface area (Å²) in [6, 6.07) is 6.64. The van der Waals surface area contributed by atoms with Crippen LogP contribution < -0.4 is 9.73 Å². The summed E-state index contributed by atoms with van der Waals surface area (Å²) in [5.74, 6) is -0.662. The van der Waals surface area contributed by atoms with Crippen molar-refractivity contribution >= 4 is 15.7 Å². The lowest BCUT2D eigenvalue weighted by atomic mass is 10.3. The van der Waals surface area contributed by atoms with Crippen molar-refractivity contribution in [2.75, 3.05) is 10.8 Å². The van der Waals surface area contributed by atoms with E-state index in [0.717, 1.165) is 16.6 Å². The Hall–Kier alpha value is -2.15. The lowest BCUT2D eigenvalue weighted by Crippen LogP contribution is -2.34. The van der Waals surface area contributed by atoms with E-state index in [1.165, 1.54) is 30.5 Å². The Morgan fingerprint density at radius 2 is 1.95 bits per heavy atom. The molecule has 106 valence electrons. The Labute approximate surface area is 115 Å². The number of nitrogens with one attached hydrogen (secondary N) is 1. The van der Waals surface area contributed by atoms with Gasteiger partial charge in [-0.3, -0.25) is 9.10 Å². The van der Waals surface area contributed by atoms with E-state index >= 15 is 0 Å². The summed E-state index contributed by atoms with van der Waals surface area (Å²) in [5, 5.41) is 0. The monoisotopic (exact) mass is 296 g/mol. The molecular weight excluding hydrogens is 283 g/mol. The van der Waals surface area contributed by atoms with Crippen molar-refractivity contribution in [1.29, 1.82) is 0 Å². The zero-order chi connectivity index (χ0) is 14.8. The molecule has 0 aliphatic heterocycles. The molecule has 1 aromatic heterocycles. The zero-order valence-corrected chi connectivity index (χ0v) is 11.5. The predicted molar refractivity (Wildman–Crippen MR) is 73.7 cm³/mol. The van der Waals surface area contributed by atoms with Crippen LogP contribution in [0, 0.1) is 5.82 Å². The minimum absolute atomic E-state index is 0.0115. The van der Waals surface area contributed by atoms with Crippen molar-refractivity contribution in [1.82, 2.24) is 4.98 Å². The van der Waals surface area contributed by atoms with Gasteiger partial charge in [-0.05, 0) is 19.1 Å². The largest absolute Gasteiger partial charge is 0.366 e. The van der Waals surface area contributed by atoms with Crippen molar-refractivity contribution in [3.63, 3.8) is 0 Å². The van der Waals surface area contributed by atoms with Crippen LogP contribution in [0.5, 0.6) is 0 Å². The third-order valence-corrected chi connectivity index (χ3v) is 4.67. The highest BCUT2D eigenvalue weighted by molar-refractivity contribution is 7.92. The van der Waals surface area contributed by atoms with Gasteiger partial charge in [0, 0.05) is 25.0 Å². The maximum Gasteiger partial charge on any atom is 0.269 e. The number of para-hydroxylation sites is 1. The minimum atomic E-state index is -4.11. The fraction of sp³-hybridized carbons (Fsp3) is 0.154. The van der Waals surface area contributed by atoms with Gasteiger partial charge in [-0.15, -0.1) is 0 Å². The van der Waals surface area contributed by atoms with Crippen LogP contribution in [0.1, 0.15) is 6.92 Å². The molecule has 0 amide bonds. The molecule has 5 nitrogen and oxygen atoms in total. The fourth-order valence-electron chi connectivity index (χ4n) is 1.84. The predicted octanol–water partition coefficient (Wildman–Crippen LogP) is 1.73. The second-order valence-electron chi connectivity index (χ2n) is 3.99. The van der Waals surface area contributed by atoms with Crippen LogP contribution in [-0.2, 0) is 10.0 Å². The van der Waals surface area contributed by atoms with Gasteiger partial charge in [0.25, 0.3) is 10.0 Å². The van der Waals surface area contributed by atoms with Crippen LogP contribution >= 0.6 is 0 Å². The number of halogens is 1. The molecule has 0 atom stereocenters. The first-order chi connectivity index (χ1) is 9.48. The second-order valence-corrected chi connectivity index (χ2v) is 5.82. The topological polar surface area (TPSA) is 70.2 Å². The van der Waals surface area contributed by atoms with E-state index in [0.29, 0.717) is 0 Å². The first-order valence-corrected chi connectivity index (χ1v) is 7.37. The highest BCUT2D eigenvalue weighted by atomic mass is 32.2. The van der Waals surface area contributed by atoms with Gasteiger partial charge in [0.2, 0.25) is 5.43 Å². The van der Waals surface area contributed by atoms with Crippen molar-refractivity contribution in [3.05, 3.63) is 58.8 Å². The smallest absolute Gasteiger partial charge is 0.269 e. The number of rotatable bonds is 4. The first kappa shape index (κ1) is 14.3. The van der Waals surface area contributed by atoms with E-state index < -0.39 is 26.2 Å². The van der Waals surface area contributed by atoms with Crippen molar-refractivity contribution < 1.29 is 12.8 Å². The molecule has 2 rings (SSSR count). The highest BCUT2D eigenvalue weighted by Gasteiger charge is 2.27. The van der Waals surface area contributed by atoms with Gasteiger partial charge in [0.1, 0.15) is 5.82 Å². The average Bonchev–Trinajstić information content (AvgIpc) is 2.42. The summed E-state index contributed by atoms with van der Waals surface area (Å²) in [4.78, 5) is 13.8. The van der Waals surface area contributed by atoms with Crippen molar-refractivity contribution in [2.24, 2.45) is 0 Å². The number of pyridine rings is 1. The number of aromatic nitrogens is 1. The van der Waals surface area contributed by atoms with E-state index in [9.17, 15) is 17.6 Å². The summed E-state index contributed by atoms with van der Waals surface area (Å²) in [5.41, 5.74) is -0.725. The fourth-order valence-corrected chi connectivity index (χ4v) is 3.37. The summed E-state index contributed by atoms with van der Waals surface area (Å²) >= 11 is 0. The highest BCUT2D eigenvalue weighted by Crippen LogP contribution is 2.24. The van der Waals surface area contributed by atoms with E-state index in [4.69, 9.17) is 0 Å². The standard InChI is InChI=1S/C13H13FN2O3S/c1-2-16(11-6-4-3-5-10(11)14)20(18,19)13-9-15-8-7-12(13)17/h3-9H,2H2,1H3,(H,15,17). The van der Waals surface area contributed by atoms with E-state index in [1.807, 2.05) is 0 Å². The SMILES string of the molecule is CCN(c1ccccc1F)S(=O)(=O)c1c[nH]ccc1=O. The molecular formula is C13H13FN2O3S. The summed E-state index contributed by atoms with van der Waals surface area (Å²) in [6.07, 6.45) is 2.43. The summed E-state index contributed by atoms with van der Waals surface area (Å²) < 4.78 is 39.6. The van der Waals surface area contributed by atoms with Gasteiger partial charge < -0.3 is 4.98 Å². The molecule has 0 saturated heterocycles. The Balaban J connectivity index is 2.61. The second kappa shape index (κ2) is 5.46. The number of sulfonamides is 1. The van der Waals surface area contributed by atoms with Crippen LogP contribution in [0.2, 0.25) is 0 Å². The lowest BCUT2D eigenvalue weighted by molar-refractivity contribution is 0.585. The van der Waals surface area contributed by atoms with Gasteiger partial charge in [-0.2, -0.15) is 0 Å². The van der Waals surface area contributed by atoms with Gasteiger partial charge in [0.15, 0.2) is 4.90 Å². The third kappa shape index (κ3) is 2.44. The number of anilines is 1. The number of benzene rings is 1. The van der Waals surface area contributed by atoms with Crippen LogP contribution in [0.25, 0.3) is 0 Å². The molecule has 0 aliphatic carbocycles. The quantitative estimate of drug-likeness (QED) is 0.934. The number of hydrogen-bond donors (Lipinski definition) is 1. The molecule has 7 heteroatoms. The van der Waals surface area contributed by atoms with Gasteiger partial charge in [-0.25, -0.2) is 12.8 Å². The Kier molecular flexibility index (Phi) is 3.89.